The van der Waals surface area contributed by atoms with Gasteiger partial charge in [-0.2, -0.15) is 0 Å². The molecule has 0 atom stereocenters. The molecule has 0 aliphatic heterocycles. The van der Waals surface area contributed by atoms with Crippen LogP contribution < -0.4 is 10.1 Å². The normalized spacial score (nSPS) is 9.80. The van der Waals surface area contributed by atoms with Crippen molar-refractivity contribution in [3.05, 3.63) is 29.6 Å². The number of hydrogen-bond donors (Lipinski definition) is 1. The summed E-state index contributed by atoms with van der Waals surface area (Å²) >= 11 is 5.08. The van der Waals surface area contributed by atoms with Gasteiger partial charge < -0.3 is 10.1 Å². The Kier molecular flexibility index (Phi) is 4.37. The van der Waals surface area contributed by atoms with Crippen LogP contribution in [0.5, 0.6) is 5.75 Å². The molecule has 0 heterocycles. The molecule has 0 bridgehead atoms. The molecule has 0 fully saturated rings. The van der Waals surface area contributed by atoms with Gasteiger partial charge in [-0.05, 0) is 36.2 Å². The lowest BCUT2D eigenvalue weighted by atomic mass is 10.2. The molecule has 82 valence electrons. The van der Waals surface area contributed by atoms with Crippen LogP contribution in [0.1, 0.15) is 12.5 Å². The van der Waals surface area contributed by atoms with Crippen LogP contribution >= 0.6 is 11.6 Å². The van der Waals surface area contributed by atoms with Crippen LogP contribution in [0.15, 0.2) is 18.2 Å². The molecule has 0 spiro atoms. The van der Waals surface area contributed by atoms with E-state index in [0.717, 1.165) is 0 Å². The van der Waals surface area contributed by atoms with E-state index in [-0.39, 0.29) is 12.3 Å². The minimum Gasteiger partial charge on any atom is -0.491 e. The van der Waals surface area contributed by atoms with Crippen LogP contribution in [0.25, 0.3) is 0 Å². The fourth-order valence-corrected chi connectivity index (χ4v) is 1.17. The first-order valence-electron chi connectivity index (χ1n) is 4.48. The highest BCUT2D eigenvalue weighted by Gasteiger charge is 2.04. The maximum atomic E-state index is 13.3. The molecule has 5 heteroatoms. The fraction of sp³-hybridized carbons (Fsp3) is 0.300. The molecule has 0 radical (unpaired) electrons. The Morgan fingerprint density at radius 2 is 2.33 bits per heavy atom. The van der Waals surface area contributed by atoms with Gasteiger partial charge in [-0.1, -0.05) is 6.07 Å². The van der Waals surface area contributed by atoms with E-state index in [4.69, 9.17) is 16.3 Å². The summed E-state index contributed by atoms with van der Waals surface area (Å²) in [5, 5.41) is 1.70. The Bertz CT molecular complexity index is 357. The molecular weight excluding hydrogens is 221 g/mol. The third-order valence-corrected chi connectivity index (χ3v) is 1.86. The number of benzene rings is 1. The maximum absolute atomic E-state index is 13.3. The number of rotatable bonds is 4. The lowest BCUT2D eigenvalue weighted by Crippen LogP contribution is -2.15. The standard InChI is InChI=1S/C10H11ClFNO2/c1-2-15-9-4-3-7(5-8(9)12)6-13-10(11)14/h3-5H,2,6H2,1H3,(H,13,14). The SMILES string of the molecule is CCOc1ccc(CNC(=O)Cl)cc1F. The average Bonchev–Trinajstić information content (AvgIpc) is 2.19. The van der Waals surface area contributed by atoms with Gasteiger partial charge >= 0.3 is 5.37 Å². The van der Waals surface area contributed by atoms with Gasteiger partial charge in [0.15, 0.2) is 11.6 Å². The number of ether oxygens (including phenoxy) is 1. The van der Waals surface area contributed by atoms with E-state index in [1.807, 2.05) is 0 Å². The van der Waals surface area contributed by atoms with E-state index in [0.29, 0.717) is 12.2 Å². The van der Waals surface area contributed by atoms with Gasteiger partial charge in [0.25, 0.3) is 0 Å². The van der Waals surface area contributed by atoms with Crippen molar-refractivity contribution >= 4 is 17.0 Å². The fourth-order valence-electron chi connectivity index (χ4n) is 1.10. The van der Waals surface area contributed by atoms with Crippen molar-refractivity contribution in [3.8, 4) is 5.75 Å². The first-order valence-corrected chi connectivity index (χ1v) is 4.86. The van der Waals surface area contributed by atoms with E-state index in [2.05, 4.69) is 5.32 Å². The highest BCUT2D eigenvalue weighted by molar-refractivity contribution is 6.62. The van der Waals surface area contributed by atoms with Crippen LogP contribution in [0.4, 0.5) is 9.18 Å². The predicted octanol–water partition coefficient (Wildman–Crippen LogP) is 2.67. The molecule has 15 heavy (non-hydrogen) atoms. The molecule has 0 aromatic heterocycles. The van der Waals surface area contributed by atoms with Gasteiger partial charge in [0.2, 0.25) is 0 Å². The summed E-state index contributed by atoms with van der Waals surface area (Å²) < 4.78 is 18.3. The predicted molar refractivity (Wildman–Crippen MR) is 55.7 cm³/mol. The van der Waals surface area contributed by atoms with Gasteiger partial charge in [-0.3, -0.25) is 4.79 Å². The van der Waals surface area contributed by atoms with Crippen molar-refractivity contribution < 1.29 is 13.9 Å². The zero-order chi connectivity index (χ0) is 11.3. The molecular formula is C10H11ClFNO2. The van der Waals surface area contributed by atoms with E-state index in [9.17, 15) is 9.18 Å². The summed E-state index contributed by atoms with van der Waals surface area (Å²) in [6, 6.07) is 4.49. The molecule has 0 aliphatic carbocycles. The van der Waals surface area contributed by atoms with E-state index in [1.165, 1.54) is 12.1 Å². The highest BCUT2D eigenvalue weighted by Crippen LogP contribution is 2.18. The Morgan fingerprint density at radius 1 is 1.60 bits per heavy atom. The maximum Gasteiger partial charge on any atom is 0.314 e. The molecule has 0 unspecified atom stereocenters. The molecule has 0 aliphatic rings. The monoisotopic (exact) mass is 231 g/mol. The largest absolute Gasteiger partial charge is 0.491 e. The van der Waals surface area contributed by atoms with E-state index in [1.54, 1.807) is 13.0 Å². The van der Waals surface area contributed by atoms with Crippen molar-refractivity contribution in [1.29, 1.82) is 0 Å². The second kappa shape index (κ2) is 5.56. The second-order valence-electron chi connectivity index (χ2n) is 2.83. The summed E-state index contributed by atoms with van der Waals surface area (Å²) in [7, 11) is 0. The Morgan fingerprint density at radius 3 is 2.87 bits per heavy atom. The van der Waals surface area contributed by atoms with Crippen molar-refractivity contribution in [2.45, 2.75) is 13.5 Å². The van der Waals surface area contributed by atoms with Crippen LogP contribution in [0, 0.1) is 5.82 Å². The molecule has 0 saturated carbocycles. The number of carbonyl (C=O) groups is 1. The molecule has 1 aromatic carbocycles. The smallest absolute Gasteiger partial charge is 0.314 e. The molecule has 1 N–H and O–H groups in total. The van der Waals surface area contributed by atoms with Gasteiger partial charge in [-0.15, -0.1) is 0 Å². The van der Waals surface area contributed by atoms with Crippen molar-refractivity contribution in [3.63, 3.8) is 0 Å². The van der Waals surface area contributed by atoms with Crippen LogP contribution in [-0.2, 0) is 6.54 Å². The Balaban J connectivity index is 2.68. The quantitative estimate of drug-likeness (QED) is 0.639. The molecule has 0 saturated heterocycles. The zero-order valence-corrected chi connectivity index (χ0v) is 8.97. The van der Waals surface area contributed by atoms with Gasteiger partial charge in [0.1, 0.15) is 0 Å². The topological polar surface area (TPSA) is 38.3 Å². The van der Waals surface area contributed by atoms with Gasteiger partial charge in [0.05, 0.1) is 6.61 Å². The van der Waals surface area contributed by atoms with Gasteiger partial charge in [0, 0.05) is 6.54 Å². The van der Waals surface area contributed by atoms with Crippen LogP contribution in [0.3, 0.4) is 0 Å². The lowest BCUT2D eigenvalue weighted by molar-refractivity contribution is 0.259. The first kappa shape index (κ1) is 11.8. The zero-order valence-electron chi connectivity index (χ0n) is 8.22. The summed E-state index contributed by atoms with van der Waals surface area (Å²) in [6.07, 6.45) is 0. The molecule has 1 aromatic rings. The third-order valence-electron chi connectivity index (χ3n) is 1.73. The second-order valence-corrected chi connectivity index (χ2v) is 3.17. The number of carbonyl (C=O) groups excluding carboxylic acids is 1. The first-order chi connectivity index (χ1) is 7.13. The number of nitrogens with one attached hydrogen (secondary N) is 1. The van der Waals surface area contributed by atoms with Crippen molar-refractivity contribution in [2.75, 3.05) is 6.61 Å². The number of halogens is 2. The summed E-state index contributed by atoms with van der Waals surface area (Å²) in [4.78, 5) is 10.4. The average molecular weight is 232 g/mol. The van der Waals surface area contributed by atoms with E-state index < -0.39 is 11.2 Å². The minimum absolute atomic E-state index is 0.200. The van der Waals surface area contributed by atoms with Gasteiger partial charge in [-0.25, -0.2) is 4.39 Å². The summed E-state index contributed by atoms with van der Waals surface area (Å²) in [5.74, 6) is -0.239. The highest BCUT2D eigenvalue weighted by atomic mass is 35.5. The lowest BCUT2D eigenvalue weighted by Gasteiger charge is -2.06. The van der Waals surface area contributed by atoms with Crippen LogP contribution in [0.2, 0.25) is 0 Å². The Labute approximate surface area is 92.2 Å². The third kappa shape index (κ3) is 3.75. The Hall–Kier alpha value is -1.29. The van der Waals surface area contributed by atoms with E-state index >= 15 is 0 Å². The number of amides is 1. The summed E-state index contributed by atoms with van der Waals surface area (Å²) in [6.45, 7) is 2.39. The number of hydrogen-bond acceptors (Lipinski definition) is 2. The molecule has 1 rings (SSSR count). The van der Waals surface area contributed by atoms with Crippen molar-refractivity contribution in [2.24, 2.45) is 0 Å². The van der Waals surface area contributed by atoms with Crippen LogP contribution in [-0.4, -0.2) is 12.0 Å². The minimum atomic E-state index is -0.663. The summed E-state index contributed by atoms with van der Waals surface area (Å²) in [5.41, 5.74) is 0.630. The van der Waals surface area contributed by atoms with Crippen molar-refractivity contribution in [1.82, 2.24) is 5.32 Å². The molecule has 3 nitrogen and oxygen atoms in total. The molecule has 1 amide bonds.